The minimum Gasteiger partial charge on any atom is -0.465 e. The summed E-state index contributed by atoms with van der Waals surface area (Å²) in [6.45, 7) is 4.91. The molecule has 0 aliphatic carbocycles. The Morgan fingerprint density at radius 2 is 1.94 bits per heavy atom. The van der Waals surface area contributed by atoms with Crippen LogP contribution in [0.15, 0.2) is 40.8 Å². The Morgan fingerprint density at radius 3 is 2.65 bits per heavy atom. The van der Waals surface area contributed by atoms with Crippen LogP contribution in [0.1, 0.15) is 30.4 Å². The Bertz CT molecular complexity index is 473. The lowest BCUT2D eigenvalue weighted by atomic mass is 10.1. The lowest BCUT2D eigenvalue weighted by molar-refractivity contribution is 0.490. The van der Waals surface area contributed by atoms with Gasteiger partial charge >= 0.3 is 0 Å². The number of hydrogen-bond acceptors (Lipinski definition) is 2. The van der Waals surface area contributed by atoms with E-state index in [1.807, 2.05) is 19.1 Å². The van der Waals surface area contributed by atoms with Crippen LogP contribution in [0.2, 0.25) is 0 Å². The number of furan rings is 1. The van der Waals surface area contributed by atoms with Crippen LogP contribution in [-0.4, -0.2) is 0 Å². The van der Waals surface area contributed by atoms with Gasteiger partial charge in [-0.3, -0.25) is 0 Å². The smallest absolute Gasteiger partial charge is 0.123 e. The van der Waals surface area contributed by atoms with Gasteiger partial charge in [-0.05, 0) is 37.1 Å². The molecule has 17 heavy (non-hydrogen) atoms. The number of aryl methyl sites for hydroxylation is 2. The lowest BCUT2D eigenvalue weighted by Gasteiger charge is -2.10. The zero-order chi connectivity index (χ0) is 12.1. The Balaban J connectivity index is 2.03. The molecule has 2 heteroatoms. The monoisotopic (exact) mass is 229 g/mol. The van der Waals surface area contributed by atoms with E-state index in [-0.39, 0.29) is 0 Å². The summed E-state index contributed by atoms with van der Waals surface area (Å²) < 4.78 is 5.54. The second-order valence-corrected chi connectivity index (χ2v) is 4.27. The minimum atomic E-state index is 0.745. The first-order chi connectivity index (χ1) is 8.29. The molecule has 0 aliphatic rings. The molecular formula is C15H19NO. The third-order valence-electron chi connectivity index (χ3n) is 2.79. The molecule has 0 unspecified atom stereocenters. The molecule has 2 nitrogen and oxygen atoms in total. The Labute approximate surface area is 103 Å². The molecule has 0 bridgehead atoms. The highest BCUT2D eigenvalue weighted by atomic mass is 16.3. The molecule has 1 aromatic carbocycles. The van der Waals surface area contributed by atoms with E-state index in [0.717, 1.165) is 24.5 Å². The molecule has 90 valence electrons. The van der Waals surface area contributed by atoms with E-state index >= 15 is 0 Å². The van der Waals surface area contributed by atoms with E-state index in [9.17, 15) is 0 Å². The molecule has 1 heterocycles. The van der Waals surface area contributed by atoms with Crippen molar-refractivity contribution < 1.29 is 4.42 Å². The van der Waals surface area contributed by atoms with E-state index in [1.54, 1.807) is 0 Å². The molecule has 2 aromatic rings. The van der Waals surface area contributed by atoms with Gasteiger partial charge in [-0.1, -0.05) is 31.5 Å². The normalized spacial score (nSPS) is 10.5. The fourth-order valence-corrected chi connectivity index (χ4v) is 1.94. The number of para-hydroxylation sites is 1. The Morgan fingerprint density at radius 1 is 1.12 bits per heavy atom. The van der Waals surface area contributed by atoms with Crippen molar-refractivity contribution in [2.24, 2.45) is 0 Å². The van der Waals surface area contributed by atoms with Crippen LogP contribution in [0.25, 0.3) is 0 Å². The molecule has 1 N–H and O–H groups in total. The maximum atomic E-state index is 5.54. The molecule has 0 fully saturated rings. The molecular weight excluding hydrogens is 210 g/mol. The second kappa shape index (κ2) is 5.58. The SMILES string of the molecule is CCCc1ccccc1NCc1ccc(C)o1. The average molecular weight is 229 g/mol. The first-order valence-electron chi connectivity index (χ1n) is 6.16. The van der Waals surface area contributed by atoms with Crippen LogP contribution in [0.4, 0.5) is 5.69 Å². The summed E-state index contributed by atoms with van der Waals surface area (Å²) in [7, 11) is 0. The van der Waals surface area contributed by atoms with Crippen molar-refractivity contribution in [3.05, 3.63) is 53.5 Å². The van der Waals surface area contributed by atoms with Gasteiger partial charge in [0.05, 0.1) is 6.54 Å². The first-order valence-corrected chi connectivity index (χ1v) is 6.16. The highest BCUT2D eigenvalue weighted by Crippen LogP contribution is 2.18. The minimum absolute atomic E-state index is 0.745. The van der Waals surface area contributed by atoms with Crippen molar-refractivity contribution in [2.75, 3.05) is 5.32 Å². The van der Waals surface area contributed by atoms with Gasteiger partial charge in [-0.2, -0.15) is 0 Å². The predicted octanol–water partition coefficient (Wildman–Crippen LogP) is 4.15. The quantitative estimate of drug-likeness (QED) is 0.833. The fraction of sp³-hybridized carbons (Fsp3) is 0.333. The lowest BCUT2D eigenvalue weighted by Crippen LogP contribution is -2.01. The van der Waals surface area contributed by atoms with E-state index in [1.165, 1.54) is 17.7 Å². The Hall–Kier alpha value is -1.70. The van der Waals surface area contributed by atoms with Crippen LogP contribution in [0.5, 0.6) is 0 Å². The largest absolute Gasteiger partial charge is 0.465 e. The van der Waals surface area contributed by atoms with E-state index in [2.05, 4.69) is 36.5 Å². The second-order valence-electron chi connectivity index (χ2n) is 4.27. The number of hydrogen-bond donors (Lipinski definition) is 1. The summed E-state index contributed by atoms with van der Waals surface area (Å²) in [5.74, 6) is 1.94. The van der Waals surface area contributed by atoms with Gasteiger partial charge in [0, 0.05) is 5.69 Å². The van der Waals surface area contributed by atoms with Gasteiger partial charge in [0.15, 0.2) is 0 Å². The molecule has 0 radical (unpaired) electrons. The van der Waals surface area contributed by atoms with Gasteiger partial charge in [0.2, 0.25) is 0 Å². The van der Waals surface area contributed by atoms with Crippen molar-refractivity contribution >= 4 is 5.69 Å². The highest BCUT2D eigenvalue weighted by Gasteiger charge is 2.02. The average Bonchev–Trinajstić information content (AvgIpc) is 2.74. The van der Waals surface area contributed by atoms with Gasteiger partial charge < -0.3 is 9.73 Å². The summed E-state index contributed by atoms with van der Waals surface area (Å²) in [5, 5.41) is 3.43. The van der Waals surface area contributed by atoms with Crippen LogP contribution in [0, 0.1) is 6.92 Å². The standard InChI is InChI=1S/C15H19NO/c1-3-6-13-7-4-5-8-15(13)16-11-14-10-9-12(2)17-14/h4-5,7-10,16H,3,6,11H2,1-2H3. The molecule has 0 atom stereocenters. The van der Waals surface area contributed by atoms with Crippen LogP contribution in [-0.2, 0) is 13.0 Å². The molecule has 1 aromatic heterocycles. The summed E-state index contributed by atoms with van der Waals surface area (Å²) in [6.07, 6.45) is 2.28. The third kappa shape index (κ3) is 3.13. The van der Waals surface area contributed by atoms with Crippen LogP contribution < -0.4 is 5.32 Å². The molecule has 0 saturated carbocycles. The zero-order valence-electron chi connectivity index (χ0n) is 10.5. The highest BCUT2D eigenvalue weighted by molar-refractivity contribution is 5.51. The first kappa shape index (κ1) is 11.8. The molecule has 0 amide bonds. The fourth-order valence-electron chi connectivity index (χ4n) is 1.94. The molecule has 0 saturated heterocycles. The molecule has 0 spiro atoms. The summed E-state index contributed by atoms with van der Waals surface area (Å²) in [5.41, 5.74) is 2.58. The van der Waals surface area contributed by atoms with Crippen molar-refractivity contribution in [2.45, 2.75) is 33.2 Å². The van der Waals surface area contributed by atoms with Crippen LogP contribution in [0.3, 0.4) is 0 Å². The van der Waals surface area contributed by atoms with Gasteiger partial charge in [-0.25, -0.2) is 0 Å². The van der Waals surface area contributed by atoms with E-state index in [0.29, 0.717) is 0 Å². The summed E-state index contributed by atoms with van der Waals surface area (Å²) >= 11 is 0. The maximum absolute atomic E-state index is 5.54. The van der Waals surface area contributed by atoms with E-state index < -0.39 is 0 Å². The van der Waals surface area contributed by atoms with Gasteiger partial charge in [0.25, 0.3) is 0 Å². The molecule has 0 aliphatic heterocycles. The topological polar surface area (TPSA) is 25.2 Å². The number of anilines is 1. The Kier molecular flexibility index (Phi) is 3.86. The summed E-state index contributed by atoms with van der Waals surface area (Å²) in [6, 6.07) is 12.5. The number of nitrogens with one attached hydrogen (secondary N) is 1. The molecule has 2 rings (SSSR count). The van der Waals surface area contributed by atoms with E-state index in [4.69, 9.17) is 4.42 Å². The third-order valence-corrected chi connectivity index (χ3v) is 2.79. The van der Waals surface area contributed by atoms with Crippen molar-refractivity contribution in [3.8, 4) is 0 Å². The zero-order valence-corrected chi connectivity index (χ0v) is 10.5. The maximum Gasteiger partial charge on any atom is 0.123 e. The van der Waals surface area contributed by atoms with Gasteiger partial charge in [-0.15, -0.1) is 0 Å². The van der Waals surface area contributed by atoms with Crippen molar-refractivity contribution in [1.82, 2.24) is 0 Å². The van der Waals surface area contributed by atoms with Gasteiger partial charge in [0.1, 0.15) is 11.5 Å². The summed E-state index contributed by atoms with van der Waals surface area (Å²) in [4.78, 5) is 0. The van der Waals surface area contributed by atoms with Crippen molar-refractivity contribution in [1.29, 1.82) is 0 Å². The predicted molar refractivity (Wildman–Crippen MR) is 71.2 cm³/mol. The number of benzene rings is 1. The van der Waals surface area contributed by atoms with Crippen molar-refractivity contribution in [3.63, 3.8) is 0 Å². The number of rotatable bonds is 5. The van der Waals surface area contributed by atoms with Crippen LogP contribution >= 0.6 is 0 Å².